The average Bonchev–Trinajstić information content (AvgIpc) is 2.38. The van der Waals surface area contributed by atoms with Crippen molar-refractivity contribution in [1.82, 2.24) is 5.32 Å². The predicted octanol–water partition coefficient (Wildman–Crippen LogP) is 2.50. The number of benzene rings is 1. The van der Waals surface area contributed by atoms with Crippen LogP contribution in [0.5, 0.6) is 5.75 Å². The zero-order chi connectivity index (χ0) is 11.2. The molecule has 0 spiro atoms. The van der Waals surface area contributed by atoms with Crippen LogP contribution in [0.3, 0.4) is 0 Å². The first kappa shape index (κ1) is 11.4. The summed E-state index contributed by atoms with van der Waals surface area (Å²) in [5.41, 5.74) is 1.23. The summed E-state index contributed by atoms with van der Waals surface area (Å²) in [4.78, 5) is 0. The summed E-state index contributed by atoms with van der Waals surface area (Å²) < 4.78 is 17.6. The quantitative estimate of drug-likeness (QED) is 0.846. The molecule has 16 heavy (non-hydrogen) atoms. The second-order valence-electron chi connectivity index (χ2n) is 4.10. The first-order valence-electron chi connectivity index (χ1n) is 5.90. The topological polar surface area (TPSA) is 21.3 Å². The van der Waals surface area contributed by atoms with Crippen LogP contribution >= 0.6 is 0 Å². The van der Waals surface area contributed by atoms with E-state index in [1.165, 1.54) is 5.56 Å². The maximum atomic E-state index is 12.1. The molecule has 0 bridgehead atoms. The fourth-order valence-corrected chi connectivity index (χ4v) is 2.23. The van der Waals surface area contributed by atoms with E-state index in [-0.39, 0.29) is 6.61 Å². The molecule has 0 saturated carbocycles. The Morgan fingerprint density at radius 3 is 2.75 bits per heavy atom. The van der Waals surface area contributed by atoms with Crippen LogP contribution in [-0.4, -0.2) is 26.4 Å². The van der Waals surface area contributed by atoms with Gasteiger partial charge in [0, 0.05) is 0 Å². The number of nitrogens with one attached hydrogen (secondary N) is 1. The number of hydrogen-bond acceptors (Lipinski definition) is 2. The molecular weight excluding hydrogens is 205 g/mol. The molecule has 0 radical (unpaired) electrons. The van der Waals surface area contributed by atoms with Crippen LogP contribution in [-0.2, 0) is 0 Å². The SMILES string of the molecule is FCCOc1ccccc1C1CCNCC1. The zero-order valence-electron chi connectivity index (χ0n) is 9.42. The Bertz CT molecular complexity index is 323. The molecule has 1 heterocycles. The van der Waals surface area contributed by atoms with Gasteiger partial charge >= 0.3 is 0 Å². The predicted molar refractivity (Wildman–Crippen MR) is 62.8 cm³/mol. The minimum atomic E-state index is -0.430. The Morgan fingerprint density at radius 2 is 2.00 bits per heavy atom. The van der Waals surface area contributed by atoms with Gasteiger partial charge in [-0.05, 0) is 43.5 Å². The van der Waals surface area contributed by atoms with Gasteiger partial charge in [0.25, 0.3) is 0 Å². The van der Waals surface area contributed by atoms with Gasteiger partial charge < -0.3 is 10.1 Å². The molecule has 2 nitrogen and oxygen atoms in total. The van der Waals surface area contributed by atoms with Crippen molar-refractivity contribution in [2.24, 2.45) is 0 Å². The second-order valence-corrected chi connectivity index (χ2v) is 4.10. The summed E-state index contributed by atoms with van der Waals surface area (Å²) in [6.45, 7) is 1.84. The van der Waals surface area contributed by atoms with E-state index in [2.05, 4.69) is 11.4 Å². The number of ether oxygens (including phenoxy) is 1. The molecule has 1 aliphatic rings. The highest BCUT2D eigenvalue weighted by Crippen LogP contribution is 2.32. The molecule has 1 aromatic carbocycles. The normalized spacial score (nSPS) is 17.3. The van der Waals surface area contributed by atoms with Gasteiger partial charge in [-0.2, -0.15) is 0 Å². The van der Waals surface area contributed by atoms with E-state index in [1.54, 1.807) is 0 Å². The van der Waals surface area contributed by atoms with Crippen LogP contribution in [0.4, 0.5) is 4.39 Å². The molecule has 1 fully saturated rings. The molecule has 1 N–H and O–H groups in total. The van der Waals surface area contributed by atoms with Crippen LogP contribution < -0.4 is 10.1 Å². The lowest BCUT2D eigenvalue weighted by Gasteiger charge is -2.24. The van der Waals surface area contributed by atoms with Gasteiger partial charge in [-0.3, -0.25) is 0 Å². The molecule has 1 saturated heterocycles. The fraction of sp³-hybridized carbons (Fsp3) is 0.538. The van der Waals surface area contributed by atoms with Crippen molar-refractivity contribution in [2.75, 3.05) is 26.4 Å². The summed E-state index contributed by atoms with van der Waals surface area (Å²) in [6, 6.07) is 8.01. The van der Waals surface area contributed by atoms with Crippen LogP contribution in [0.2, 0.25) is 0 Å². The molecule has 0 amide bonds. The number of hydrogen-bond donors (Lipinski definition) is 1. The molecular formula is C13H18FNO. The van der Waals surface area contributed by atoms with Crippen molar-refractivity contribution in [3.05, 3.63) is 29.8 Å². The summed E-state index contributed by atoms with van der Waals surface area (Å²) in [5.74, 6) is 1.41. The van der Waals surface area contributed by atoms with E-state index in [0.29, 0.717) is 5.92 Å². The average molecular weight is 223 g/mol. The van der Waals surface area contributed by atoms with Gasteiger partial charge in [-0.15, -0.1) is 0 Å². The molecule has 3 heteroatoms. The molecule has 0 unspecified atom stereocenters. The smallest absolute Gasteiger partial charge is 0.123 e. The van der Waals surface area contributed by atoms with Crippen LogP contribution in [0.1, 0.15) is 24.3 Å². The Labute approximate surface area is 95.8 Å². The van der Waals surface area contributed by atoms with Crippen molar-refractivity contribution in [3.63, 3.8) is 0 Å². The molecule has 2 rings (SSSR count). The largest absolute Gasteiger partial charge is 0.491 e. The molecule has 0 aromatic heterocycles. The van der Waals surface area contributed by atoms with Gasteiger partial charge in [-0.1, -0.05) is 18.2 Å². The van der Waals surface area contributed by atoms with Crippen LogP contribution in [0, 0.1) is 0 Å². The molecule has 1 aromatic rings. The van der Waals surface area contributed by atoms with Crippen molar-refractivity contribution in [1.29, 1.82) is 0 Å². The maximum absolute atomic E-state index is 12.1. The highest BCUT2D eigenvalue weighted by Gasteiger charge is 2.18. The van der Waals surface area contributed by atoms with Gasteiger partial charge in [0.2, 0.25) is 0 Å². The summed E-state index contributed by atoms with van der Waals surface area (Å²) in [6.07, 6.45) is 2.27. The molecule has 0 aliphatic carbocycles. The second kappa shape index (κ2) is 5.85. The number of para-hydroxylation sites is 1. The zero-order valence-corrected chi connectivity index (χ0v) is 9.42. The standard InChI is InChI=1S/C13H18FNO/c14-7-10-16-13-4-2-1-3-12(13)11-5-8-15-9-6-11/h1-4,11,15H,5-10H2. The van der Waals surface area contributed by atoms with Gasteiger partial charge in [0.15, 0.2) is 0 Å². The van der Waals surface area contributed by atoms with E-state index < -0.39 is 6.67 Å². The first-order chi connectivity index (χ1) is 7.92. The third kappa shape index (κ3) is 2.73. The summed E-state index contributed by atoms with van der Waals surface area (Å²) in [5, 5.41) is 3.35. The third-order valence-electron chi connectivity index (χ3n) is 3.03. The lowest BCUT2D eigenvalue weighted by atomic mass is 9.89. The number of alkyl halides is 1. The van der Waals surface area contributed by atoms with Crippen molar-refractivity contribution < 1.29 is 9.13 Å². The minimum absolute atomic E-state index is 0.155. The lowest BCUT2D eigenvalue weighted by Crippen LogP contribution is -2.26. The summed E-state index contributed by atoms with van der Waals surface area (Å²) in [7, 11) is 0. The Balaban J connectivity index is 2.11. The van der Waals surface area contributed by atoms with E-state index >= 15 is 0 Å². The fourth-order valence-electron chi connectivity index (χ4n) is 2.23. The monoisotopic (exact) mass is 223 g/mol. The molecule has 88 valence electrons. The number of piperidine rings is 1. The van der Waals surface area contributed by atoms with E-state index in [4.69, 9.17) is 4.74 Å². The van der Waals surface area contributed by atoms with E-state index in [1.807, 2.05) is 18.2 Å². The molecule has 1 aliphatic heterocycles. The van der Waals surface area contributed by atoms with Crippen molar-refractivity contribution >= 4 is 0 Å². The Kier molecular flexibility index (Phi) is 4.17. The van der Waals surface area contributed by atoms with Crippen molar-refractivity contribution in [2.45, 2.75) is 18.8 Å². The number of rotatable bonds is 4. The summed E-state index contributed by atoms with van der Waals surface area (Å²) >= 11 is 0. The minimum Gasteiger partial charge on any atom is -0.491 e. The maximum Gasteiger partial charge on any atom is 0.123 e. The van der Waals surface area contributed by atoms with E-state index in [0.717, 1.165) is 31.7 Å². The van der Waals surface area contributed by atoms with Gasteiger partial charge in [-0.25, -0.2) is 4.39 Å². The van der Waals surface area contributed by atoms with E-state index in [9.17, 15) is 4.39 Å². The Morgan fingerprint density at radius 1 is 1.25 bits per heavy atom. The van der Waals surface area contributed by atoms with Gasteiger partial charge in [0.05, 0.1) is 0 Å². The lowest BCUT2D eigenvalue weighted by molar-refractivity contribution is 0.268. The number of halogens is 1. The Hall–Kier alpha value is -1.09. The third-order valence-corrected chi connectivity index (χ3v) is 3.03. The highest BCUT2D eigenvalue weighted by atomic mass is 19.1. The molecule has 0 atom stereocenters. The van der Waals surface area contributed by atoms with Gasteiger partial charge in [0.1, 0.15) is 19.0 Å². The first-order valence-corrected chi connectivity index (χ1v) is 5.90. The highest BCUT2D eigenvalue weighted by molar-refractivity contribution is 5.36. The van der Waals surface area contributed by atoms with Crippen LogP contribution in [0.25, 0.3) is 0 Å². The van der Waals surface area contributed by atoms with Crippen LogP contribution in [0.15, 0.2) is 24.3 Å². The van der Waals surface area contributed by atoms with Crippen molar-refractivity contribution in [3.8, 4) is 5.75 Å².